The third-order valence-electron chi connectivity index (χ3n) is 2.64. The van der Waals surface area contributed by atoms with Crippen molar-refractivity contribution in [2.24, 2.45) is 0 Å². The van der Waals surface area contributed by atoms with Crippen molar-refractivity contribution < 1.29 is 13.5 Å². The summed E-state index contributed by atoms with van der Waals surface area (Å²) >= 11 is 0. The Balaban J connectivity index is 2.29. The molecule has 0 saturated carbocycles. The molecule has 1 aromatic carbocycles. The van der Waals surface area contributed by atoms with E-state index >= 15 is 0 Å². The number of benzene rings is 1. The number of aliphatic hydroxyl groups excluding tert-OH is 1. The number of anilines is 1. The standard InChI is InChI=1S/C10H14N2O3S/c11-8-1-3-10(4-2-8)16(14,15)12-6-5-9(13)7-12/h1-4,9,13H,5-7,11H2/t9-/m0/s1. The average Bonchev–Trinajstić information content (AvgIpc) is 2.66. The second kappa shape index (κ2) is 4.04. The van der Waals surface area contributed by atoms with Gasteiger partial charge < -0.3 is 10.8 Å². The first-order valence-electron chi connectivity index (χ1n) is 5.04. The lowest BCUT2D eigenvalue weighted by Gasteiger charge is -2.15. The molecular weight excluding hydrogens is 228 g/mol. The van der Waals surface area contributed by atoms with Crippen molar-refractivity contribution in [1.29, 1.82) is 0 Å². The summed E-state index contributed by atoms with van der Waals surface area (Å²) in [7, 11) is -3.47. The van der Waals surface area contributed by atoms with Gasteiger partial charge in [-0.15, -0.1) is 0 Å². The van der Waals surface area contributed by atoms with Crippen molar-refractivity contribution in [3.63, 3.8) is 0 Å². The molecule has 88 valence electrons. The molecule has 1 aliphatic rings. The summed E-state index contributed by atoms with van der Waals surface area (Å²) in [6, 6.07) is 6.07. The van der Waals surface area contributed by atoms with Gasteiger partial charge in [0, 0.05) is 18.8 Å². The van der Waals surface area contributed by atoms with Crippen LogP contribution >= 0.6 is 0 Å². The number of nitrogens with two attached hydrogens (primary N) is 1. The molecule has 2 rings (SSSR count). The Kier molecular flexibility index (Phi) is 2.88. The van der Waals surface area contributed by atoms with Gasteiger partial charge in [-0.3, -0.25) is 0 Å². The summed E-state index contributed by atoms with van der Waals surface area (Å²) in [4.78, 5) is 0.218. The summed E-state index contributed by atoms with van der Waals surface area (Å²) in [5.74, 6) is 0. The van der Waals surface area contributed by atoms with Crippen molar-refractivity contribution in [3.05, 3.63) is 24.3 Å². The highest BCUT2D eigenvalue weighted by molar-refractivity contribution is 7.89. The van der Waals surface area contributed by atoms with Gasteiger partial charge >= 0.3 is 0 Å². The third-order valence-corrected chi connectivity index (χ3v) is 4.52. The van der Waals surface area contributed by atoms with Gasteiger partial charge in [-0.1, -0.05) is 0 Å². The fraction of sp³-hybridized carbons (Fsp3) is 0.400. The first kappa shape index (κ1) is 11.4. The molecule has 0 spiro atoms. The Morgan fingerprint density at radius 2 is 1.94 bits per heavy atom. The number of nitrogens with zero attached hydrogens (tertiary/aromatic N) is 1. The van der Waals surface area contributed by atoms with E-state index in [0.717, 1.165) is 0 Å². The maximum Gasteiger partial charge on any atom is 0.243 e. The van der Waals surface area contributed by atoms with E-state index in [4.69, 9.17) is 5.73 Å². The Hall–Kier alpha value is -1.11. The predicted molar refractivity (Wildman–Crippen MR) is 60.2 cm³/mol. The molecule has 1 atom stereocenters. The van der Waals surface area contributed by atoms with Crippen molar-refractivity contribution in [2.45, 2.75) is 17.4 Å². The molecule has 6 heteroatoms. The molecular formula is C10H14N2O3S. The number of β-amino-alcohol motifs (C(OH)–C–C–N with tert-alkyl or cyclic N) is 1. The molecule has 0 aromatic heterocycles. The van der Waals surface area contributed by atoms with E-state index in [2.05, 4.69) is 0 Å². The number of hydrogen-bond acceptors (Lipinski definition) is 4. The molecule has 0 radical (unpaired) electrons. The van der Waals surface area contributed by atoms with Crippen LogP contribution in [0.25, 0.3) is 0 Å². The number of nitrogen functional groups attached to an aromatic ring is 1. The zero-order valence-corrected chi connectivity index (χ0v) is 9.52. The van der Waals surface area contributed by atoms with Gasteiger partial charge in [0.2, 0.25) is 10.0 Å². The zero-order valence-electron chi connectivity index (χ0n) is 8.70. The van der Waals surface area contributed by atoms with E-state index < -0.39 is 16.1 Å². The Morgan fingerprint density at radius 1 is 1.31 bits per heavy atom. The van der Waals surface area contributed by atoms with Crippen molar-refractivity contribution in [2.75, 3.05) is 18.8 Å². The number of sulfonamides is 1. The molecule has 0 amide bonds. The lowest BCUT2D eigenvalue weighted by Crippen LogP contribution is -2.29. The van der Waals surface area contributed by atoms with Gasteiger partial charge in [0.15, 0.2) is 0 Å². The molecule has 1 fully saturated rings. The molecule has 3 N–H and O–H groups in total. The maximum absolute atomic E-state index is 12.1. The molecule has 16 heavy (non-hydrogen) atoms. The van der Waals surface area contributed by atoms with Gasteiger partial charge in [-0.05, 0) is 30.7 Å². The van der Waals surface area contributed by atoms with E-state index in [9.17, 15) is 13.5 Å². The van der Waals surface area contributed by atoms with Gasteiger partial charge in [0.1, 0.15) is 0 Å². The molecule has 1 aliphatic heterocycles. The minimum Gasteiger partial charge on any atom is -0.399 e. The second-order valence-corrected chi connectivity index (χ2v) is 5.81. The van der Waals surface area contributed by atoms with E-state index in [1.807, 2.05) is 0 Å². The topological polar surface area (TPSA) is 83.6 Å². The maximum atomic E-state index is 12.1. The molecule has 0 bridgehead atoms. The van der Waals surface area contributed by atoms with Crippen LogP contribution in [0.4, 0.5) is 5.69 Å². The average molecular weight is 242 g/mol. The van der Waals surface area contributed by atoms with Crippen LogP contribution in [0.15, 0.2) is 29.2 Å². The van der Waals surface area contributed by atoms with Gasteiger partial charge in [-0.2, -0.15) is 4.31 Å². The predicted octanol–water partition coefficient (Wildman–Crippen LogP) is 0.0241. The van der Waals surface area contributed by atoms with Crippen LogP contribution in [0.1, 0.15) is 6.42 Å². The van der Waals surface area contributed by atoms with Gasteiger partial charge in [0.25, 0.3) is 0 Å². The second-order valence-electron chi connectivity index (χ2n) is 3.87. The zero-order chi connectivity index (χ0) is 11.8. The lowest BCUT2D eigenvalue weighted by molar-refractivity contribution is 0.189. The van der Waals surface area contributed by atoms with E-state index in [1.165, 1.54) is 16.4 Å². The summed E-state index contributed by atoms with van der Waals surface area (Å²) in [5, 5.41) is 9.33. The highest BCUT2D eigenvalue weighted by Crippen LogP contribution is 2.21. The van der Waals surface area contributed by atoms with E-state index in [0.29, 0.717) is 18.7 Å². The summed E-state index contributed by atoms with van der Waals surface area (Å²) < 4.78 is 25.4. The minimum absolute atomic E-state index is 0.173. The number of aliphatic hydroxyl groups is 1. The van der Waals surface area contributed by atoms with E-state index in [-0.39, 0.29) is 11.4 Å². The minimum atomic E-state index is -3.47. The molecule has 1 aromatic rings. The SMILES string of the molecule is Nc1ccc(S(=O)(=O)N2CC[C@H](O)C2)cc1. The van der Waals surface area contributed by atoms with Crippen molar-refractivity contribution >= 4 is 15.7 Å². The van der Waals surface area contributed by atoms with Crippen LogP contribution in [-0.4, -0.2) is 37.0 Å². The highest BCUT2D eigenvalue weighted by Gasteiger charge is 2.31. The Morgan fingerprint density at radius 3 is 2.44 bits per heavy atom. The lowest BCUT2D eigenvalue weighted by atomic mass is 10.3. The van der Waals surface area contributed by atoms with Gasteiger partial charge in [-0.25, -0.2) is 8.42 Å². The Bertz CT molecular complexity index is 469. The largest absolute Gasteiger partial charge is 0.399 e. The quantitative estimate of drug-likeness (QED) is 0.716. The number of rotatable bonds is 2. The monoisotopic (exact) mass is 242 g/mol. The van der Waals surface area contributed by atoms with Crippen molar-refractivity contribution in [3.8, 4) is 0 Å². The highest BCUT2D eigenvalue weighted by atomic mass is 32.2. The van der Waals surface area contributed by atoms with Crippen LogP contribution in [0.2, 0.25) is 0 Å². The molecule has 0 unspecified atom stereocenters. The summed E-state index contributed by atoms with van der Waals surface area (Å²) in [5.41, 5.74) is 6.03. The summed E-state index contributed by atoms with van der Waals surface area (Å²) in [6.45, 7) is 0.542. The van der Waals surface area contributed by atoms with Crippen LogP contribution in [0.3, 0.4) is 0 Å². The fourth-order valence-electron chi connectivity index (χ4n) is 1.72. The van der Waals surface area contributed by atoms with Crippen molar-refractivity contribution in [1.82, 2.24) is 4.31 Å². The first-order chi connectivity index (χ1) is 7.50. The normalized spacial score (nSPS) is 22.4. The van der Waals surface area contributed by atoms with Crippen LogP contribution in [0, 0.1) is 0 Å². The summed E-state index contributed by atoms with van der Waals surface area (Å²) in [6.07, 6.45) is -0.0580. The molecule has 0 aliphatic carbocycles. The van der Waals surface area contributed by atoms with Crippen LogP contribution < -0.4 is 5.73 Å². The fourth-order valence-corrected chi connectivity index (χ4v) is 3.21. The van der Waals surface area contributed by atoms with E-state index in [1.54, 1.807) is 12.1 Å². The smallest absolute Gasteiger partial charge is 0.243 e. The first-order valence-corrected chi connectivity index (χ1v) is 6.48. The molecule has 5 nitrogen and oxygen atoms in total. The number of hydrogen-bond donors (Lipinski definition) is 2. The molecule has 1 heterocycles. The van der Waals surface area contributed by atoms with Crippen LogP contribution in [0.5, 0.6) is 0 Å². The molecule has 1 saturated heterocycles. The van der Waals surface area contributed by atoms with Crippen LogP contribution in [-0.2, 0) is 10.0 Å². The Labute approximate surface area is 94.5 Å². The third kappa shape index (κ3) is 2.04. The van der Waals surface area contributed by atoms with Gasteiger partial charge in [0.05, 0.1) is 11.0 Å².